The number of para-hydroxylation sites is 3. The first-order valence-corrected chi connectivity index (χ1v) is 8.38. The summed E-state index contributed by atoms with van der Waals surface area (Å²) in [7, 11) is 0. The number of benzene rings is 3. The maximum atomic E-state index is 13.0. The number of nitrogens with one attached hydrogen (secondary N) is 1. The number of urea groups is 1. The second kappa shape index (κ2) is 7.07. The number of pyridine rings is 1. The van der Waals surface area contributed by atoms with E-state index in [-0.39, 0.29) is 6.03 Å². The van der Waals surface area contributed by atoms with Crippen LogP contribution in [0.25, 0.3) is 10.9 Å². The molecule has 126 valence electrons. The van der Waals surface area contributed by atoms with Crippen LogP contribution in [0.4, 0.5) is 22.0 Å². The van der Waals surface area contributed by atoms with E-state index in [1.165, 1.54) is 0 Å². The zero-order chi connectivity index (χ0) is 17.8. The third-order valence-corrected chi connectivity index (χ3v) is 4.06. The second-order valence-corrected chi connectivity index (χ2v) is 5.83. The molecule has 0 atom stereocenters. The van der Waals surface area contributed by atoms with E-state index in [0.29, 0.717) is 5.82 Å². The molecule has 1 aromatic heterocycles. The Morgan fingerprint density at radius 3 is 2.15 bits per heavy atom. The summed E-state index contributed by atoms with van der Waals surface area (Å²) in [5, 5.41) is 3.97. The molecule has 0 unspecified atom stereocenters. The number of carbonyl (C=O) groups excluding carboxylic acids is 1. The lowest BCUT2D eigenvalue weighted by Crippen LogP contribution is -2.31. The highest BCUT2D eigenvalue weighted by Crippen LogP contribution is 2.26. The van der Waals surface area contributed by atoms with E-state index in [9.17, 15) is 4.79 Å². The maximum Gasteiger partial charge on any atom is 0.332 e. The maximum absolute atomic E-state index is 13.0. The van der Waals surface area contributed by atoms with Gasteiger partial charge in [-0.1, -0.05) is 54.6 Å². The summed E-state index contributed by atoms with van der Waals surface area (Å²) < 4.78 is 0. The van der Waals surface area contributed by atoms with Crippen molar-refractivity contribution in [3.05, 3.63) is 97.1 Å². The van der Waals surface area contributed by atoms with Crippen LogP contribution in [-0.2, 0) is 0 Å². The summed E-state index contributed by atoms with van der Waals surface area (Å²) in [6, 6.07) is 30.3. The number of anilines is 3. The predicted molar refractivity (Wildman–Crippen MR) is 106 cm³/mol. The average molecular weight is 339 g/mol. The standard InChI is InChI=1S/C22H17N3O/c26-22(23-18-10-3-1-4-11-18)25(19-12-5-2-6-13-19)21-16-15-17-9-7-8-14-20(17)24-21/h1-16H,(H,23,26). The van der Waals surface area contributed by atoms with Gasteiger partial charge < -0.3 is 5.32 Å². The lowest BCUT2D eigenvalue weighted by atomic mass is 10.2. The van der Waals surface area contributed by atoms with Gasteiger partial charge in [-0.15, -0.1) is 0 Å². The highest BCUT2D eigenvalue weighted by atomic mass is 16.2. The van der Waals surface area contributed by atoms with Crippen LogP contribution < -0.4 is 10.2 Å². The zero-order valence-electron chi connectivity index (χ0n) is 14.0. The molecule has 0 aliphatic rings. The Morgan fingerprint density at radius 2 is 1.38 bits per heavy atom. The van der Waals surface area contributed by atoms with Gasteiger partial charge in [0.25, 0.3) is 0 Å². The molecule has 0 radical (unpaired) electrons. The molecule has 0 aliphatic carbocycles. The van der Waals surface area contributed by atoms with Gasteiger partial charge in [0, 0.05) is 11.1 Å². The van der Waals surface area contributed by atoms with Crippen LogP contribution in [0.15, 0.2) is 97.1 Å². The van der Waals surface area contributed by atoms with Gasteiger partial charge in [0.2, 0.25) is 0 Å². The number of amides is 2. The third-order valence-electron chi connectivity index (χ3n) is 4.06. The quantitative estimate of drug-likeness (QED) is 0.527. The Hall–Kier alpha value is -3.66. The average Bonchev–Trinajstić information content (AvgIpc) is 2.70. The second-order valence-electron chi connectivity index (χ2n) is 5.83. The summed E-state index contributed by atoms with van der Waals surface area (Å²) in [5.74, 6) is 0.573. The number of aromatic nitrogens is 1. The molecule has 0 aliphatic heterocycles. The highest BCUT2D eigenvalue weighted by Gasteiger charge is 2.19. The van der Waals surface area contributed by atoms with Crippen LogP contribution in [0.2, 0.25) is 0 Å². The summed E-state index contributed by atoms with van der Waals surface area (Å²) in [6.07, 6.45) is 0. The topological polar surface area (TPSA) is 45.2 Å². The van der Waals surface area contributed by atoms with Crippen molar-refractivity contribution in [2.24, 2.45) is 0 Å². The molecule has 3 aromatic carbocycles. The molecule has 26 heavy (non-hydrogen) atoms. The molecule has 0 fully saturated rings. The van der Waals surface area contributed by atoms with Crippen molar-refractivity contribution < 1.29 is 4.79 Å². The lowest BCUT2D eigenvalue weighted by Gasteiger charge is -2.22. The number of hydrogen-bond acceptors (Lipinski definition) is 2. The number of fused-ring (bicyclic) bond motifs is 1. The minimum Gasteiger partial charge on any atom is -0.307 e. The first-order valence-electron chi connectivity index (χ1n) is 8.38. The Labute approximate surface area is 151 Å². The van der Waals surface area contributed by atoms with Crippen LogP contribution >= 0.6 is 0 Å². The number of hydrogen-bond donors (Lipinski definition) is 1. The van der Waals surface area contributed by atoms with Crippen molar-refractivity contribution in [2.45, 2.75) is 0 Å². The number of rotatable bonds is 3. The fourth-order valence-corrected chi connectivity index (χ4v) is 2.81. The molecule has 1 N–H and O–H groups in total. The normalized spacial score (nSPS) is 10.5. The molecule has 4 aromatic rings. The van der Waals surface area contributed by atoms with Crippen LogP contribution in [0.3, 0.4) is 0 Å². The van der Waals surface area contributed by atoms with Crippen molar-refractivity contribution in [1.82, 2.24) is 4.98 Å². The fourth-order valence-electron chi connectivity index (χ4n) is 2.81. The van der Waals surface area contributed by atoms with Gasteiger partial charge in [0.15, 0.2) is 0 Å². The molecule has 0 bridgehead atoms. The van der Waals surface area contributed by atoms with E-state index in [0.717, 1.165) is 22.3 Å². The summed E-state index contributed by atoms with van der Waals surface area (Å²) in [5.41, 5.74) is 2.33. The SMILES string of the molecule is O=C(Nc1ccccc1)N(c1ccccc1)c1ccc2ccccc2n1. The third kappa shape index (κ3) is 3.26. The molecular formula is C22H17N3O. The van der Waals surface area contributed by atoms with E-state index >= 15 is 0 Å². The molecule has 0 spiro atoms. The molecule has 0 saturated carbocycles. The van der Waals surface area contributed by atoms with Gasteiger partial charge >= 0.3 is 6.03 Å². The Morgan fingerprint density at radius 1 is 0.731 bits per heavy atom. The van der Waals surface area contributed by atoms with E-state index < -0.39 is 0 Å². The van der Waals surface area contributed by atoms with Crippen LogP contribution in [0.5, 0.6) is 0 Å². The lowest BCUT2D eigenvalue weighted by molar-refractivity contribution is 0.259. The Kier molecular flexibility index (Phi) is 4.31. The van der Waals surface area contributed by atoms with Crippen molar-refractivity contribution in [3.63, 3.8) is 0 Å². The smallest absolute Gasteiger partial charge is 0.307 e. The van der Waals surface area contributed by atoms with Crippen molar-refractivity contribution in [2.75, 3.05) is 10.2 Å². The van der Waals surface area contributed by atoms with Crippen molar-refractivity contribution >= 4 is 34.1 Å². The highest BCUT2D eigenvalue weighted by molar-refractivity contribution is 6.06. The first-order chi connectivity index (χ1) is 12.8. The van der Waals surface area contributed by atoms with Crippen LogP contribution in [-0.4, -0.2) is 11.0 Å². The van der Waals surface area contributed by atoms with Gasteiger partial charge in [-0.2, -0.15) is 0 Å². The molecular weight excluding hydrogens is 322 g/mol. The van der Waals surface area contributed by atoms with Crippen LogP contribution in [0.1, 0.15) is 0 Å². The minimum atomic E-state index is -0.259. The monoisotopic (exact) mass is 339 g/mol. The largest absolute Gasteiger partial charge is 0.332 e. The van der Waals surface area contributed by atoms with E-state index in [1.807, 2.05) is 97.1 Å². The zero-order valence-corrected chi connectivity index (χ0v) is 14.0. The Bertz CT molecular complexity index is 1030. The van der Waals surface area contributed by atoms with Crippen LogP contribution in [0, 0.1) is 0 Å². The molecule has 1 heterocycles. The van der Waals surface area contributed by atoms with Gasteiger partial charge in [-0.05, 0) is 42.5 Å². The molecule has 4 rings (SSSR count). The first kappa shape index (κ1) is 15.8. The molecule has 2 amide bonds. The molecule has 4 nitrogen and oxygen atoms in total. The summed E-state index contributed by atoms with van der Waals surface area (Å²) in [4.78, 5) is 19.3. The van der Waals surface area contributed by atoms with Crippen molar-refractivity contribution in [1.29, 1.82) is 0 Å². The Balaban J connectivity index is 1.76. The molecule has 4 heteroatoms. The minimum absolute atomic E-state index is 0.259. The predicted octanol–water partition coefficient (Wildman–Crippen LogP) is 5.61. The van der Waals surface area contributed by atoms with E-state index in [4.69, 9.17) is 0 Å². The number of nitrogens with zero attached hydrogens (tertiary/aromatic N) is 2. The fraction of sp³-hybridized carbons (Fsp3) is 0. The van der Waals surface area contributed by atoms with Gasteiger partial charge in [0.05, 0.1) is 11.2 Å². The van der Waals surface area contributed by atoms with Crippen molar-refractivity contribution in [3.8, 4) is 0 Å². The van der Waals surface area contributed by atoms with E-state index in [1.54, 1.807) is 4.90 Å². The number of carbonyl (C=O) groups is 1. The summed E-state index contributed by atoms with van der Waals surface area (Å²) >= 11 is 0. The van der Waals surface area contributed by atoms with Gasteiger partial charge in [0.1, 0.15) is 5.82 Å². The summed E-state index contributed by atoms with van der Waals surface area (Å²) in [6.45, 7) is 0. The van der Waals surface area contributed by atoms with E-state index in [2.05, 4.69) is 10.3 Å². The van der Waals surface area contributed by atoms with Gasteiger partial charge in [-0.3, -0.25) is 0 Å². The van der Waals surface area contributed by atoms with Gasteiger partial charge in [-0.25, -0.2) is 14.7 Å². The molecule has 0 saturated heterocycles.